The third kappa shape index (κ3) is 3.49. The van der Waals surface area contributed by atoms with Crippen molar-refractivity contribution in [1.82, 2.24) is 19.7 Å². The molecule has 25 heavy (non-hydrogen) atoms. The number of fused-ring (bicyclic) bond motifs is 1. The maximum absolute atomic E-state index is 4.45. The highest BCUT2D eigenvalue weighted by Crippen LogP contribution is 2.33. The van der Waals surface area contributed by atoms with Crippen LogP contribution >= 0.6 is 0 Å². The van der Waals surface area contributed by atoms with Crippen molar-refractivity contribution < 1.29 is 0 Å². The average Bonchev–Trinajstić information content (AvgIpc) is 3.28. The molecule has 4 rings (SSSR count). The maximum atomic E-state index is 4.45. The molecule has 1 aromatic carbocycles. The monoisotopic (exact) mass is 336 g/mol. The molecule has 0 radical (unpaired) electrons. The normalized spacial score (nSPS) is 16.9. The summed E-state index contributed by atoms with van der Waals surface area (Å²) in [6, 6.07) is 9.12. The topological polar surface area (TPSA) is 36.9 Å². The maximum Gasteiger partial charge on any atom is 0.0522 e. The van der Waals surface area contributed by atoms with E-state index in [1.54, 1.807) is 0 Å². The molecule has 1 saturated heterocycles. The lowest BCUT2D eigenvalue weighted by atomic mass is 9.89. The fourth-order valence-corrected chi connectivity index (χ4v) is 3.98. The van der Waals surface area contributed by atoms with Gasteiger partial charge in [0.2, 0.25) is 0 Å². The van der Waals surface area contributed by atoms with Crippen molar-refractivity contribution >= 4 is 10.9 Å². The molecule has 0 aliphatic carbocycles. The molecule has 0 saturated carbocycles. The summed E-state index contributed by atoms with van der Waals surface area (Å²) in [5.41, 5.74) is 4.13. The molecule has 1 aliphatic heterocycles. The molecule has 1 aliphatic rings. The average molecular weight is 336 g/mol. The van der Waals surface area contributed by atoms with E-state index in [1.165, 1.54) is 48.0 Å². The lowest BCUT2D eigenvalue weighted by Crippen LogP contribution is -2.34. The van der Waals surface area contributed by atoms with E-state index in [2.05, 4.69) is 70.2 Å². The van der Waals surface area contributed by atoms with Gasteiger partial charge in [-0.2, -0.15) is 5.10 Å². The number of benzene rings is 1. The number of hydrogen-bond donors (Lipinski definition) is 1. The van der Waals surface area contributed by atoms with Crippen LogP contribution in [0.3, 0.4) is 0 Å². The van der Waals surface area contributed by atoms with Gasteiger partial charge in [-0.15, -0.1) is 0 Å². The van der Waals surface area contributed by atoms with Crippen LogP contribution in [-0.2, 0) is 6.42 Å². The van der Waals surface area contributed by atoms with E-state index >= 15 is 0 Å². The van der Waals surface area contributed by atoms with Crippen molar-refractivity contribution in [2.45, 2.75) is 45.1 Å². The molecule has 1 fully saturated rings. The van der Waals surface area contributed by atoms with E-state index < -0.39 is 0 Å². The third-order valence-corrected chi connectivity index (χ3v) is 5.55. The molecule has 4 nitrogen and oxygen atoms in total. The summed E-state index contributed by atoms with van der Waals surface area (Å²) in [4.78, 5) is 6.04. The molecule has 3 aromatic rings. The summed E-state index contributed by atoms with van der Waals surface area (Å²) >= 11 is 0. The van der Waals surface area contributed by atoms with E-state index in [-0.39, 0.29) is 0 Å². The number of piperidine rings is 1. The molecular weight excluding hydrogens is 308 g/mol. The zero-order valence-electron chi connectivity index (χ0n) is 15.3. The van der Waals surface area contributed by atoms with Gasteiger partial charge in [-0.05, 0) is 69.3 Å². The second-order valence-electron chi connectivity index (χ2n) is 7.58. The van der Waals surface area contributed by atoms with Gasteiger partial charge in [0.15, 0.2) is 0 Å². The molecule has 0 atom stereocenters. The van der Waals surface area contributed by atoms with Crippen molar-refractivity contribution in [3.05, 3.63) is 54.0 Å². The number of aromatic amines is 1. The summed E-state index contributed by atoms with van der Waals surface area (Å²) < 4.78 is 2.05. The minimum absolute atomic E-state index is 0.445. The smallest absolute Gasteiger partial charge is 0.0522 e. The number of rotatable bonds is 5. The number of likely N-dealkylation sites (tertiary alicyclic amines) is 1. The zero-order valence-corrected chi connectivity index (χ0v) is 15.3. The van der Waals surface area contributed by atoms with E-state index in [0.717, 1.165) is 13.0 Å². The van der Waals surface area contributed by atoms with Gasteiger partial charge in [0.25, 0.3) is 0 Å². The molecule has 4 heteroatoms. The Morgan fingerprint density at radius 3 is 2.76 bits per heavy atom. The predicted molar refractivity (Wildman–Crippen MR) is 103 cm³/mol. The highest BCUT2D eigenvalue weighted by atomic mass is 15.3. The van der Waals surface area contributed by atoms with E-state index in [1.807, 2.05) is 6.20 Å². The Hall–Kier alpha value is -2.07. The van der Waals surface area contributed by atoms with Gasteiger partial charge in [-0.25, -0.2) is 0 Å². The standard InChI is InChI=1S/C21H28N4/c1-16(2)25-15-17(13-23-25)7-10-24-11-8-18(9-12-24)20-14-22-21-6-4-3-5-19(20)21/h3-6,13-16,18,22H,7-12H2,1-2H3. The Morgan fingerprint density at radius 2 is 2.00 bits per heavy atom. The van der Waals surface area contributed by atoms with Crippen LogP contribution in [0.15, 0.2) is 42.9 Å². The van der Waals surface area contributed by atoms with Crippen LogP contribution in [0.1, 0.15) is 49.8 Å². The molecule has 132 valence electrons. The lowest BCUT2D eigenvalue weighted by molar-refractivity contribution is 0.215. The summed E-state index contributed by atoms with van der Waals surface area (Å²) in [7, 11) is 0. The molecular formula is C21H28N4. The molecule has 0 amide bonds. The minimum Gasteiger partial charge on any atom is -0.361 e. The first-order valence-corrected chi connectivity index (χ1v) is 9.52. The fourth-order valence-electron chi connectivity index (χ4n) is 3.98. The highest BCUT2D eigenvalue weighted by Gasteiger charge is 2.22. The first-order chi connectivity index (χ1) is 12.2. The number of para-hydroxylation sites is 1. The van der Waals surface area contributed by atoms with Gasteiger partial charge in [-0.1, -0.05) is 18.2 Å². The van der Waals surface area contributed by atoms with Crippen molar-refractivity contribution in [2.24, 2.45) is 0 Å². The Labute approximate surface area is 149 Å². The Bertz CT molecular complexity index is 821. The van der Waals surface area contributed by atoms with Gasteiger partial charge in [0, 0.05) is 35.9 Å². The zero-order chi connectivity index (χ0) is 17.2. The van der Waals surface area contributed by atoms with Crippen molar-refractivity contribution in [3.8, 4) is 0 Å². The second kappa shape index (κ2) is 7.04. The summed E-state index contributed by atoms with van der Waals surface area (Å²) in [5.74, 6) is 0.691. The molecule has 1 N–H and O–H groups in total. The molecule has 0 bridgehead atoms. The first kappa shape index (κ1) is 16.4. The van der Waals surface area contributed by atoms with Gasteiger partial charge < -0.3 is 9.88 Å². The minimum atomic E-state index is 0.445. The Balaban J connectivity index is 1.32. The number of hydrogen-bond acceptors (Lipinski definition) is 2. The quantitative estimate of drug-likeness (QED) is 0.751. The number of H-pyrrole nitrogens is 1. The van der Waals surface area contributed by atoms with Crippen LogP contribution in [0, 0.1) is 0 Å². The molecule has 2 aromatic heterocycles. The number of nitrogens with one attached hydrogen (secondary N) is 1. The molecule has 0 spiro atoms. The SMILES string of the molecule is CC(C)n1cc(CCN2CCC(c3c[nH]c4ccccc34)CC2)cn1. The van der Waals surface area contributed by atoms with Crippen molar-refractivity contribution in [1.29, 1.82) is 0 Å². The van der Waals surface area contributed by atoms with Crippen molar-refractivity contribution in [2.75, 3.05) is 19.6 Å². The van der Waals surface area contributed by atoms with Crippen LogP contribution in [-0.4, -0.2) is 39.3 Å². The predicted octanol–water partition coefficient (Wildman–Crippen LogP) is 4.37. The van der Waals surface area contributed by atoms with Crippen LogP contribution in [0.4, 0.5) is 0 Å². The largest absolute Gasteiger partial charge is 0.361 e. The first-order valence-electron chi connectivity index (χ1n) is 9.52. The third-order valence-electron chi connectivity index (χ3n) is 5.55. The number of aromatic nitrogens is 3. The van der Waals surface area contributed by atoms with Gasteiger partial charge in [-0.3, -0.25) is 4.68 Å². The molecule has 0 unspecified atom stereocenters. The fraction of sp³-hybridized carbons (Fsp3) is 0.476. The summed E-state index contributed by atoms with van der Waals surface area (Å²) in [6.45, 7) is 7.88. The van der Waals surface area contributed by atoms with E-state index in [4.69, 9.17) is 0 Å². The molecule has 3 heterocycles. The van der Waals surface area contributed by atoms with E-state index in [0.29, 0.717) is 12.0 Å². The van der Waals surface area contributed by atoms with E-state index in [9.17, 15) is 0 Å². The van der Waals surface area contributed by atoms with Gasteiger partial charge in [0.05, 0.1) is 6.20 Å². The van der Waals surface area contributed by atoms with Crippen LogP contribution in [0.5, 0.6) is 0 Å². The van der Waals surface area contributed by atoms with Crippen molar-refractivity contribution in [3.63, 3.8) is 0 Å². The summed E-state index contributed by atoms with van der Waals surface area (Å²) in [5, 5.41) is 5.85. The number of nitrogens with zero attached hydrogens (tertiary/aromatic N) is 3. The van der Waals surface area contributed by atoms with Gasteiger partial charge in [0.1, 0.15) is 0 Å². The van der Waals surface area contributed by atoms with Crippen LogP contribution in [0.25, 0.3) is 10.9 Å². The highest BCUT2D eigenvalue weighted by molar-refractivity contribution is 5.83. The Morgan fingerprint density at radius 1 is 1.20 bits per heavy atom. The van der Waals surface area contributed by atoms with Crippen LogP contribution < -0.4 is 0 Å². The van der Waals surface area contributed by atoms with Gasteiger partial charge >= 0.3 is 0 Å². The van der Waals surface area contributed by atoms with Crippen LogP contribution in [0.2, 0.25) is 0 Å². The lowest BCUT2D eigenvalue weighted by Gasteiger charge is -2.31. The second-order valence-corrected chi connectivity index (χ2v) is 7.58. The summed E-state index contributed by atoms with van der Waals surface area (Å²) in [6.07, 6.45) is 10.1. The Kier molecular flexibility index (Phi) is 4.62.